The molecule has 0 radical (unpaired) electrons. The number of benzene rings is 4. The molecule has 0 spiro atoms. The molecule has 3 heteroatoms. The van der Waals surface area contributed by atoms with E-state index in [9.17, 15) is 0 Å². The number of methoxy groups -OCH3 is 2. The van der Waals surface area contributed by atoms with E-state index in [1.165, 1.54) is 22.3 Å². The Hall–Kier alpha value is -3.04. The van der Waals surface area contributed by atoms with Gasteiger partial charge in [0, 0.05) is 4.47 Å². The van der Waals surface area contributed by atoms with Crippen LogP contribution >= 0.6 is 15.9 Å². The fraction of sp³-hybridized carbons (Fsp3) is 0.0769. The Morgan fingerprint density at radius 2 is 0.759 bits per heavy atom. The standard InChI is InChI=1S/C26H21BrO2/c1-28-25-11-5-19(6-12-25)22-15-21(18-3-9-24(27)10-4-18)16-23(17-22)20-7-13-26(29-2)14-8-20/h3-17H,1-2H3. The van der Waals surface area contributed by atoms with Gasteiger partial charge >= 0.3 is 0 Å². The van der Waals surface area contributed by atoms with E-state index in [2.05, 4.69) is 82.7 Å². The Balaban J connectivity index is 1.84. The van der Waals surface area contributed by atoms with Gasteiger partial charge in [0.05, 0.1) is 14.2 Å². The fourth-order valence-electron chi connectivity index (χ4n) is 3.34. The molecule has 0 aromatic heterocycles. The van der Waals surface area contributed by atoms with Crippen molar-refractivity contribution < 1.29 is 9.47 Å². The summed E-state index contributed by atoms with van der Waals surface area (Å²) in [6.45, 7) is 0. The highest BCUT2D eigenvalue weighted by molar-refractivity contribution is 9.10. The molecule has 0 saturated carbocycles. The van der Waals surface area contributed by atoms with Gasteiger partial charge in [-0.1, -0.05) is 52.3 Å². The van der Waals surface area contributed by atoms with E-state index < -0.39 is 0 Å². The van der Waals surface area contributed by atoms with Crippen LogP contribution in [0.2, 0.25) is 0 Å². The summed E-state index contributed by atoms with van der Waals surface area (Å²) in [6, 6.07) is 31.5. The van der Waals surface area contributed by atoms with Gasteiger partial charge in [-0.2, -0.15) is 0 Å². The zero-order valence-corrected chi connectivity index (χ0v) is 17.9. The molecule has 0 N–H and O–H groups in total. The van der Waals surface area contributed by atoms with E-state index in [0.717, 1.165) is 27.1 Å². The summed E-state index contributed by atoms with van der Waals surface area (Å²) >= 11 is 3.52. The monoisotopic (exact) mass is 444 g/mol. The number of rotatable bonds is 5. The topological polar surface area (TPSA) is 18.5 Å². The molecule has 0 heterocycles. The fourth-order valence-corrected chi connectivity index (χ4v) is 3.60. The predicted molar refractivity (Wildman–Crippen MR) is 124 cm³/mol. The number of hydrogen-bond acceptors (Lipinski definition) is 2. The van der Waals surface area contributed by atoms with Crippen LogP contribution in [-0.4, -0.2) is 14.2 Å². The normalized spacial score (nSPS) is 10.6. The average molecular weight is 445 g/mol. The van der Waals surface area contributed by atoms with E-state index in [0.29, 0.717) is 0 Å². The lowest BCUT2D eigenvalue weighted by Crippen LogP contribution is -1.88. The Labute approximate surface area is 179 Å². The first-order valence-electron chi connectivity index (χ1n) is 9.36. The van der Waals surface area contributed by atoms with Gasteiger partial charge in [0.1, 0.15) is 11.5 Å². The summed E-state index contributed by atoms with van der Waals surface area (Å²) in [5.41, 5.74) is 6.99. The second-order valence-electron chi connectivity index (χ2n) is 6.76. The summed E-state index contributed by atoms with van der Waals surface area (Å²) in [4.78, 5) is 0. The molecule has 4 aromatic rings. The van der Waals surface area contributed by atoms with Gasteiger partial charge in [0.25, 0.3) is 0 Å². The molecule has 144 valence electrons. The van der Waals surface area contributed by atoms with Crippen LogP contribution in [0.4, 0.5) is 0 Å². The van der Waals surface area contributed by atoms with Crippen molar-refractivity contribution in [3.8, 4) is 44.9 Å². The molecular formula is C26H21BrO2. The molecule has 4 aromatic carbocycles. The van der Waals surface area contributed by atoms with Gasteiger partial charge in [0.2, 0.25) is 0 Å². The van der Waals surface area contributed by atoms with Crippen molar-refractivity contribution in [2.75, 3.05) is 14.2 Å². The summed E-state index contributed by atoms with van der Waals surface area (Å²) in [5, 5.41) is 0. The van der Waals surface area contributed by atoms with Gasteiger partial charge in [-0.15, -0.1) is 0 Å². The first-order chi connectivity index (χ1) is 14.2. The Bertz CT molecular complexity index is 1030. The van der Waals surface area contributed by atoms with Crippen molar-refractivity contribution in [1.82, 2.24) is 0 Å². The number of hydrogen-bond donors (Lipinski definition) is 0. The highest BCUT2D eigenvalue weighted by atomic mass is 79.9. The van der Waals surface area contributed by atoms with Crippen molar-refractivity contribution in [2.45, 2.75) is 0 Å². The van der Waals surface area contributed by atoms with Crippen LogP contribution in [0.5, 0.6) is 11.5 Å². The zero-order valence-electron chi connectivity index (χ0n) is 16.4. The molecule has 0 amide bonds. The van der Waals surface area contributed by atoms with E-state index in [1.54, 1.807) is 14.2 Å². The van der Waals surface area contributed by atoms with E-state index in [-0.39, 0.29) is 0 Å². The first kappa shape index (κ1) is 19.3. The van der Waals surface area contributed by atoms with Crippen molar-refractivity contribution in [3.63, 3.8) is 0 Å². The third-order valence-corrected chi connectivity index (χ3v) is 5.49. The lowest BCUT2D eigenvalue weighted by atomic mass is 9.93. The second kappa shape index (κ2) is 8.54. The molecule has 4 rings (SSSR count). The van der Waals surface area contributed by atoms with Crippen molar-refractivity contribution in [3.05, 3.63) is 95.5 Å². The Kier molecular flexibility index (Phi) is 5.68. The van der Waals surface area contributed by atoms with Gasteiger partial charge in [0.15, 0.2) is 0 Å². The third-order valence-electron chi connectivity index (χ3n) is 4.96. The van der Waals surface area contributed by atoms with Crippen molar-refractivity contribution in [1.29, 1.82) is 0 Å². The van der Waals surface area contributed by atoms with Crippen LogP contribution in [0.15, 0.2) is 95.5 Å². The summed E-state index contributed by atoms with van der Waals surface area (Å²) < 4.78 is 11.7. The quantitative estimate of drug-likeness (QED) is 0.317. The first-order valence-corrected chi connectivity index (χ1v) is 10.2. The number of ether oxygens (including phenoxy) is 2. The molecule has 0 fully saturated rings. The molecule has 0 aliphatic rings. The minimum Gasteiger partial charge on any atom is -0.497 e. The van der Waals surface area contributed by atoms with E-state index in [1.807, 2.05) is 24.3 Å². The van der Waals surface area contributed by atoms with Crippen LogP contribution in [0.1, 0.15) is 0 Å². The lowest BCUT2D eigenvalue weighted by Gasteiger charge is -2.12. The molecule has 0 aliphatic carbocycles. The van der Waals surface area contributed by atoms with Crippen LogP contribution in [0, 0.1) is 0 Å². The highest BCUT2D eigenvalue weighted by Crippen LogP contribution is 2.34. The van der Waals surface area contributed by atoms with Gasteiger partial charge in [-0.05, 0) is 88.0 Å². The van der Waals surface area contributed by atoms with Crippen LogP contribution < -0.4 is 9.47 Å². The maximum absolute atomic E-state index is 5.31. The zero-order chi connectivity index (χ0) is 20.2. The molecule has 2 nitrogen and oxygen atoms in total. The van der Waals surface area contributed by atoms with E-state index >= 15 is 0 Å². The molecule has 29 heavy (non-hydrogen) atoms. The lowest BCUT2D eigenvalue weighted by molar-refractivity contribution is 0.415. The van der Waals surface area contributed by atoms with Gasteiger partial charge in [-0.3, -0.25) is 0 Å². The second-order valence-corrected chi connectivity index (χ2v) is 7.68. The SMILES string of the molecule is COc1ccc(-c2cc(-c3ccc(Br)cc3)cc(-c3ccc(OC)cc3)c2)cc1. The third kappa shape index (κ3) is 4.36. The molecular weight excluding hydrogens is 424 g/mol. The Morgan fingerprint density at radius 3 is 1.07 bits per heavy atom. The largest absolute Gasteiger partial charge is 0.497 e. The summed E-state index contributed by atoms with van der Waals surface area (Å²) in [5.74, 6) is 1.71. The summed E-state index contributed by atoms with van der Waals surface area (Å²) in [7, 11) is 3.37. The van der Waals surface area contributed by atoms with Crippen LogP contribution in [0.3, 0.4) is 0 Å². The van der Waals surface area contributed by atoms with Gasteiger partial charge < -0.3 is 9.47 Å². The minimum atomic E-state index is 0.855. The van der Waals surface area contributed by atoms with Crippen LogP contribution in [-0.2, 0) is 0 Å². The van der Waals surface area contributed by atoms with E-state index in [4.69, 9.17) is 9.47 Å². The molecule has 0 bridgehead atoms. The number of halogens is 1. The predicted octanol–water partition coefficient (Wildman–Crippen LogP) is 7.47. The molecule has 0 saturated heterocycles. The van der Waals surface area contributed by atoms with Crippen LogP contribution in [0.25, 0.3) is 33.4 Å². The van der Waals surface area contributed by atoms with Crippen molar-refractivity contribution in [2.24, 2.45) is 0 Å². The van der Waals surface area contributed by atoms with Crippen molar-refractivity contribution >= 4 is 15.9 Å². The smallest absolute Gasteiger partial charge is 0.118 e. The molecule has 0 aliphatic heterocycles. The molecule has 0 atom stereocenters. The highest BCUT2D eigenvalue weighted by Gasteiger charge is 2.08. The van der Waals surface area contributed by atoms with Gasteiger partial charge in [-0.25, -0.2) is 0 Å². The maximum atomic E-state index is 5.31. The minimum absolute atomic E-state index is 0.855. The molecule has 0 unspecified atom stereocenters. The summed E-state index contributed by atoms with van der Waals surface area (Å²) in [6.07, 6.45) is 0. The Morgan fingerprint density at radius 1 is 0.448 bits per heavy atom. The maximum Gasteiger partial charge on any atom is 0.118 e. The average Bonchev–Trinajstić information content (AvgIpc) is 2.79.